The molecule has 0 aromatic heterocycles. The number of halogens is 6. The van der Waals surface area contributed by atoms with Gasteiger partial charge in [-0.05, 0) is 49.2 Å². The third-order valence-electron chi connectivity index (χ3n) is 5.20. The molecule has 0 amide bonds. The highest BCUT2D eigenvalue weighted by Gasteiger charge is 2.72. The molecule has 2 aromatic rings. The first-order valence-corrected chi connectivity index (χ1v) is 10.0. The van der Waals surface area contributed by atoms with Crippen molar-refractivity contribution in [1.29, 1.82) is 0 Å². The van der Waals surface area contributed by atoms with Crippen molar-refractivity contribution in [3.8, 4) is 11.5 Å². The summed E-state index contributed by atoms with van der Waals surface area (Å²) in [6, 6.07) is 7.41. The van der Waals surface area contributed by atoms with Gasteiger partial charge in [0.05, 0.1) is 12.2 Å². The first kappa shape index (κ1) is 26.8. The van der Waals surface area contributed by atoms with E-state index in [1.165, 1.54) is 14.2 Å². The highest BCUT2D eigenvalue weighted by molar-refractivity contribution is 5.47. The summed E-state index contributed by atoms with van der Waals surface area (Å²) in [5.74, 6) is 0.244. The van der Waals surface area contributed by atoms with Gasteiger partial charge in [-0.2, -0.15) is 26.3 Å². The van der Waals surface area contributed by atoms with E-state index in [2.05, 4.69) is 0 Å². The van der Waals surface area contributed by atoms with E-state index in [-0.39, 0.29) is 36.9 Å². The summed E-state index contributed by atoms with van der Waals surface area (Å²) in [4.78, 5) is 0. The second-order valence-corrected chi connectivity index (χ2v) is 7.51. The van der Waals surface area contributed by atoms with Crippen molar-refractivity contribution in [2.24, 2.45) is 0 Å². The molecule has 2 rings (SSSR count). The van der Waals surface area contributed by atoms with Gasteiger partial charge in [-0.25, -0.2) is 0 Å². The first-order valence-electron chi connectivity index (χ1n) is 10.0. The van der Waals surface area contributed by atoms with E-state index in [4.69, 9.17) is 18.9 Å². The molecule has 184 valence electrons. The fraction of sp³-hybridized carbons (Fsp3) is 0.478. The Bertz CT molecular complexity index is 789. The Morgan fingerprint density at radius 1 is 0.606 bits per heavy atom. The van der Waals surface area contributed by atoms with Crippen molar-refractivity contribution in [2.45, 2.75) is 43.8 Å². The monoisotopic (exact) mass is 480 g/mol. The fourth-order valence-electron chi connectivity index (χ4n) is 3.15. The highest BCUT2D eigenvalue weighted by Crippen LogP contribution is 2.56. The zero-order chi connectivity index (χ0) is 24.9. The van der Waals surface area contributed by atoms with E-state index in [0.717, 1.165) is 48.5 Å². The standard InChI is InChI=1S/C23H26F6O4/c1-15(30-3)13-32-19-9-5-17(6-10-19)21(22(24,25)26,23(27,28)29)18-7-11-20(12-8-18)33-14-16(2)31-4/h5-12,15-16H,13-14H2,1-4H3. The third-order valence-corrected chi connectivity index (χ3v) is 5.20. The third kappa shape index (κ3) is 5.92. The average Bonchev–Trinajstić information content (AvgIpc) is 2.75. The van der Waals surface area contributed by atoms with Crippen LogP contribution < -0.4 is 9.47 Å². The van der Waals surface area contributed by atoms with Crippen molar-refractivity contribution in [3.05, 3.63) is 59.7 Å². The molecule has 0 radical (unpaired) electrons. The summed E-state index contributed by atoms with van der Waals surface area (Å²) < 4.78 is 106. The van der Waals surface area contributed by atoms with Gasteiger partial charge in [-0.15, -0.1) is 0 Å². The van der Waals surface area contributed by atoms with Crippen LogP contribution >= 0.6 is 0 Å². The maximum Gasteiger partial charge on any atom is 0.411 e. The average molecular weight is 480 g/mol. The van der Waals surface area contributed by atoms with Gasteiger partial charge in [0.2, 0.25) is 5.41 Å². The molecule has 0 bridgehead atoms. The Balaban J connectivity index is 2.48. The Morgan fingerprint density at radius 2 is 0.909 bits per heavy atom. The smallest absolute Gasteiger partial charge is 0.411 e. The topological polar surface area (TPSA) is 36.9 Å². The number of methoxy groups -OCH3 is 2. The minimum absolute atomic E-state index is 0.0860. The van der Waals surface area contributed by atoms with E-state index in [0.29, 0.717) is 0 Å². The van der Waals surface area contributed by atoms with E-state index >= 15 is 0 Å². The number of benzene rings is 2. The molecule has 0 N–H and O–H groups in total. The van der Waals surface area contributed by atoms with Crippen molar-refractivity contribution in [2.75, 3.05) is 27.4 Å². The van der Waals surface area contributed by atoms with E-state index in [9.17, 15) is 26.3 Å². The molecule has 0 fully saturated rings. The van der Waals surface area contributed by atoms with Crippen LogP contribution in [0.25, 0.3) is 0 Å². The van der Waals surface area contributed by atoms with Crippen LogP contribution in [0.15, 0.2) is 48.5 Å². The Hall–Kier alpha value is -2.46. The Labute approximate surface area is 188 Å². The molecule has 0 spiro atoms. The number of rotatable bonds is 10. The SMILES string of the molecule is COC(C)COc1ccc(C(c2ccc(OCC(C)OC)cc2)(C(F)(F)F)C(F)(F)F)cc1. The number of hydrogen-bond donors (Lipinski definition) is 0. The van der Waals surface area contributed by atoms with Crippen LogP contribution in [-0.4, -0.2) is 52.0 Å². The number of ether oxygens (including phenoxy) is 4. The quantitative estimate of drug-likeness (QED) is 0.396. The molecule has 33 heavy (non-hydrogen) atoms. The molecule has 0 saturated carbocycles. The van der Waals surface area contributed by atoms with Gasteiger partial charge >= 0.3 is 12.4 Å². The minimum Gasteiger partial charge on any atom is -0.491 e. The summed E-state index contributed by atoms with van der Waals surface area (Å²) in [6.07, 6.45) is -12.0. The van der Waals surface area contributed by atoms with Crippen LogP contribution in [0.3, 0.4) is 0 Å². The molecule has 2 atom stereocenters. The van der Waals surface area contributed by atoms with Crippen LogP contribution in [0.4, 0.5) is 26.3 Å². The van der Waals surface area contributed by atoms with Crippen LogP contribution in [0.1, 0.15) is 25.0 Å². The molecule has 2 unspecified atom stereocenters. The molecular weight excluding hydrogens is 454 g/mol. The number of alkyl halides is 6. The number of hydrogen-bond acceptors (Lipinski definition) is 4. The Kier molecular flexibility index (Phi) is 8.64. The van der Waals surface area contributed by atoms with Gasteiger partial charge in [-0.1, -0.05) is 24.3 Å². The molecule has 0 aliphatic rings. The van der Waals surface area contributed by atoms with Gasteiger partial charge in [0, 0.05) is 14.2 Å². The van der Waals surface area contributed by atoms with E-state index in [1.807, 2.05) is 0 Å². The van der Waals surface area contributed by atoms with Gasteiger partial charge in [0.1, 0.15) is 24.7 Å². The maximum absolute atomic E-state index is 14.2. The second-order valence-electron chi connectivity index (χ2n) is 7.51. The lowest BCUT2D eigenvalue weighted by atomic mass is 9.73. The second kappa shape index (κ2) is 10.6. The van der Waals surface area contributed by atoms with E-state index < -0.39 is 28.9 Å². The molecule has 4 nitrogen and oxygen atoms in total. The van der Waals surface area contributed by atoms with Crippen LogP contribution in [-0.2, 0) is 14.9 Å². The van der Waals surface area contributed by atoms with Gasteiger partial charge < -0.3 is 18.9 Å². The lowest BCUT2D eigenvalue weighted by Gasteiger charge is -2.38. The summed E-state index contributed by atoms with van der Waals surface area (Å²) in [5, 5.41) is 0. The maximum atomic E-state index is 14.2. The zero-order valence-corrected chi connectivity index (χ0v) is 18.6. The molecule has 0 heterocycles. The summed E-state index contributed by atoms with van der Waals surface area (Å²) in [5.41, 5.74) is -6.19. The molecule has 0 aliphatic carbocycles. The van der Waals surface area contributed by atoms with Crippen molar-refractivity contribution >= 4 is 0 Å². The molecule has 0 aliphatic heterocycles. The molecule has 10 heteroatoms. The summed E-state index contributed by atoms with van der Waals surface area (Å²) in [7, 11) is 2.90. The van der Waals surface area contributed by atoms with Crippen LogP contribution in [0, 0.1) is 0 Å². The van der Waals surface area contributed by atoms with E-state index in [1.54, 1.807) is 13.8 Å². The molecule has 2 aromatic carbocycles. The van der Waals surface area contributed by atoms with Gasteiger partial charge in [0.25, 0.3) is 0 Å². The van der Waals surface area contributed by atoms with Crippen LogP contribution in [0.5, 0.6) is 11.5 Å². The fourth-order valence-corrected chi connectivity index (χ4v) is 3.15. The van der Waals surface area contributed by atoms with Crippen LogP contribution in [0.2, 0.25) is 0 Å². The van der Waals surface area contributed by atoms with Crippen molar-refractivity contribution < 1.29 is 45.3 Å². The van der Waals surface area contributed by atoms with Gasteiger partial charge in [0.15, 0.2) is 0 Å². The van der Waals surface area contributed by atoms with Gasteiger partial charge in [-0.3, -0.25) is 0 Å². The predicted molar refractivity (Wildman–Crippen MR) is 110 cm³/mol. The predicted octanol–water partition coefficient (Wildman–Crippen LogP) is 5.92. The summed E-state index contributed by atoms with van der Waals surface area (Å²) in [6.45, 7) is 3.58. The molecular formula is C23H26F6O4. The highest BCUT2D eigenvalue weighted by atomic mass is 19.4. The van der Waals surface area contributed by atoms with Crippen molar-refractivity contribution in [1.82, 2.24) is 0 Å². The first-order chi connectivity index (χ1) is 15.4. The lowest BCUT2D eigenvalue weighted by Crippen LogP contribution is -2.54. The largest absolute Gasteiger partial charge is 0.491 e. The summed E-state index contributed by atoms with van der Waals surface area (Å²) >= 11 is 0. The Morgan fingerprint density at radius 3 is 1.15 bits per heavy atom. The zero-order valence-electron chi connectivity index (χ0n) is 18.6. The normalized spacial score (nSPS) is 14.6. The minimum atomic E-state index is -5.68. The lowest BCUT2D eigenvalue weighted by molar-refractivity contribution is -0.288. The van der Waals surface area contributed by atoms with Crippen molar-refractivity contribution in [3.63, 3.8) is 0 Å². The molecule has 0 saturated heterocycles.